The van der Waals surface area contributed by atoms with E-state index in [0.29, 0.717) is 5.01 Å². The van der Waals surface area contributed by atoms with E-state index in [1.807, 2.05) is 0 Å². The van der Waals surface area contributed by atoms with Gasteiger partial charge in [-0.2, -0.15) is 5.01 Å². The van der Waals surface area contributed by atoms with E-state index in [2.05, 4.69) is 5.29 Å². The van der Waals surface area contributed by atoms with Gasteiger partial charge in [0.25, 0.3) is 5.69 Å². The molecule has 0 radical (unpaired) electrons. The molecule has 2 saturated heterocycles. The minimum atomic E-state index is -1.99. The number of rotatable bonds is 11. The largest absolute Gasteiger partial charge is 0.394 e. The first-order chi connectivity index (χ1) is 19.5. The van der Waals surface area contributed by atoms with Gasteiger partial charge in [0.15, 0.2) is 12.5 Å². The summed E-state index contributed by atoms with van der Waals surface area (Å²) in [6.45, 7) is -2.42. The number of urea groups is 1. The standard InChI is InChI=1S/C22H31ClN4O14/c23-5-6-26(24-36)22(35)25(7-10-1-3-11(4-2-10)27(37)38)20-17(33)16(32)19(13(9-29)39-20)41-21-18(34)15(31)14(30)12(8-28)40-21/h1-4,12-21,28-34H,5-9H2/t12-,13-,14-,15+,16-,17-,18-,19-,20?,21-/m1/s1. The third kappa shape index (κ3) is 7.24. The van der Waals surface area contributed by atoms with Crippen LogP contribution in [-0.4, -0.2) is 144 Å². The summed E-state index contributed by atoms with van der Waals surface area (Å²) in [6, 6.07) is 3.79. The molecule has 1 unspecified atom stereocenters. The summed E-state index contributed by atoms with van der Waals surface area (Å²) in [5, 5.41) is 85.7. The lowest BCUT2D eigenvalue weighted by atomic mass is 9.96. The summed E-state index contributed by atoms with van der Waals surface area (Å²) in [6.07, 6.45) is -17.4. The number of amides is 2. The zero-order chi connectivity index (χ0) is 30.4. The summed E-state index contributed by atoms with van der Waals surface area (Å²) in [7, 11) is 0. The second-order valence-corrected chi connectivity index (χ2v) is 9.63. The first-order valence-corrected chi connectivity index (χ1v) is 12.8. The number of nitrogens with zero attached hydrogens (tertiary/aromatic N) is 4. The van der Waals surface area contributed by atoms with Crippen molar-refractivity contribution in [2.45, 2.75) is 67.9 Å². The van der Waals surface area contributed by atoms with Crippen LogP contribution in [0, 0.1) is 15.0 Å². The number of carbonyl (C=O) groups excluding carboxylic acids is 1. The minimum absolute atomic E-state index is 0.201. The Balaban J connectivity index is 1.89. The molecule has 2 heterocycles. The number of nitroso groups, excluding NO2 is 1. The number of non-ortho nitro benzene ring substituents is 1. The van der Waals surface area contributed by atoms with Gasteiger partial charge in [-0.1, -0.05) is 12.1 Å². The average Bonchev–Trinajstić information content (AvgIpc) is 2.97. The van der Waals surface area contributed by atoms with E-state index in [-0.39, 0.29) is 23.7 Å². The molecule has 10 atom stereocenters. The Morgan fingerprint density at radius 3 is 2.15 bits per heavy atom. The van der Waals surface area contributed by atoms with Crippen molar-refractivity contribution < 1.29 is 59.7 Å². The third-order valence-electron chi connectivity index (χ3n) is 6.65. The van der Waals surface area contributed by atoms with Gasteiger partial charge in [-0.05, 0) is 5.56 Å². The molecule has 0 bridgehead atoms. The molecule has 0 aliphatic carbocycles. The molecule has 2 fully saturated rings. The van der Waals surface area contributed by atoms with Crippen LogP contribution in [0.25, 0.3) is 0 Å². The van der Waals surface area contributed by atoms with Gasteiger partial charge in [-0.15, -0.1) is 16.5 Å². The van der Waals surface area contributed by atoms with Crippen LogP contribution in [0.2, 0.25) is 0 Å². The monoisotopic (exact) mass is 610 g/mol. The van der Waals surface area contributed by atoms with Crippen molar-refractivity contribution in [3.05, 3.63) is 44.9 Å². The van der Waals surface area contributed by atoms with Gasteiger partial charge in [0.1, 0.15) is 48.8 Å². The molecule has 230 valence electrons. The highest BCUT2D eigenvalue weighted by molar-refractivity contribution is 6.18. The van der Waals surface area contributed by atoms with Crippen LogP contribution in [0.15, 0.2) is 29.6 Å². The van der Waals surface area contributed by atoms with Crippen LogP contribution in [0.4, 0.5) is 10.5 Å². The summed E-state index contributed by atoms with van der Waals surface area (Å²) in [4.78, 5) is 35.8. The van der Waals surface area contributed by atoms with Gasteiger partial charge in [-0.3, -0.25) is 15.0 Å². The number of ether oxygens (including phenoxy) is 3. The second kappa shape index (κ2) is 14.5. The smallest absolute Gasteiger partial charge is 0.345 e. The van der Waals surface area contributed by atoms with Crippen LogP contribution in [0.5, 0.6) is 0 Å². The van der Waals surface area contributed by atoms with Crippen molar-refractivity contribution in [1.29, 1.82) is 0 Å². The Bertz CT molecular complexity index is 1040. The summed E-state index contributed by atoms with van der Waals surface area (Å²) in [5.41, 5.74) is 0.0362. The van der Waals surface area contributed by atoms with Gasteiger partial charge in [-0.25, -0.2) is 4.79 Å². The number of aliphatic hydroxyl groups is 7. The van der Waals surface area contributed by atoms with Crippen LogP contribution in [0.3, 0.4) is 0 Å². The molecule has 2 aliphatic heterocycles. The maximum absolute atomic E-state index is 13.3. The number of hydrogen-bond donors (Lipinski definition) is 7. The molecule has 0 spiro atoms. The van der Waals surface area contributed by atoms with Crippen molar-refractivity contribution in [3.8, 4) is 0 Å². The molecule has 2 aliphatic rings. The molecule has 19 heteroatoms. The van der Waals surface area contributed by atoms with Crippen LogP contribution in [0.1, 0.15) is 5.56 Å². The minimum Gasteiger partial charge on any atom is -0.394 e. The zero-order valence-electron chi connectivity index (χ0n) is 21.3. The van der Waals surface area contributed by atoms with E-state index >= 15 is 0 Å². The van der Waals surface area contributed by atoms with E-state index in [1.54, 1.807) is 0 Å². The van der Waals surface area contributed by atoms with Crippen molar-refractivity contribution in [3.63, 3.8) is 0 Å². The Kier molecular flexibility index (Phi) is 11.6. The molecule has 18 nitrogen and oxygen atoms in total. The molecule has 1 aromatic carbocycles. The van der Waals surface area contributed by atoms with Crippen molar-refractivity contribution in [2.24, 2.45) is 5.29 Å². The molecule has 2 amide bonds. The molecule has 0 aromatic heterocycles. The fourth-order valence-corrected chi connectivity index (χ4v) is 4.57. The number of hydrogen-bond acceptors (Lipinski definition) is 15. The van der Waals surface area contributed by atoms with Crippen LogP contribution < -0.4 is 0 Å². The highest BCUT2D eigenvalue weighted by atomic mass is 35.5. The average molecular weight is 611 g/mol. The van der Waals surface area contributed by atoms with Gasteiger partial charge in [0, 0.05) is 18.0 Å². The number of alkyl halides is 1. The number of nitro benzene ring substituents is 1. The lowest BCUT2D eigenvalue weighted by molar-refractivity contribution is -0.384. The Morgan fingerprint density at radius 2 is 1.61 bits per heavy atom. The quantitative estimate of drug-likeness (QED) is 0.0584. The van der Waals surface area contributed by atoms with E-state index in [0.717, 1.165) is 17.0 Å². The fraction of sp³-hybridized carbons (Fsp3) is 0.682. The Hall–Kier alpha value is -2.62. The zero-order valence-corrected chi connectivity index (χ0v) is 22.0. The second-order valence-electron chi connectivity index (χ2n) is 9.25. The fourth-order valence-electron chi connectivity index (χ4n) is 4.41. The predicted octanol–water partition coefficient (Wildman–Crippen LogP) is -2.64. The van der Waals surface area contributed by atoms with E-state index in [4.69, 9.17) is 25.8 Å². The lowest BCUT2D eigenvalue weighted by Gasteiger charge is -2.48. The molecule has 1 aromatic rings. The summed E-state index contributed by atoms with van der Waals surface area (Å²) in [5.74, 6) is -0.201. The van der Waals surface area contributed by atoms with E-state index < -0.39 is 92.1 Å². The maximum Gasteiger partial charge on any atom is 0.345 e. The van der Waals surface area contributed by atoms with Gasteiger partial charge in [0.2, 0.25) is 0 Å². The van der Waals surface area contributed by atoms with Crippen LogP contribution >= 0.6 is 11.6 Å². The number of benzene rings is 1. The Labute approximate surface area is 236 Å². The SMILES string of the molecule is O=NN(CCCl)C(=O)N(Cc1ccc([N+](=O)[O-])cc1)C1O[C@H](CO)[C@@H](O[C@H]2O[C@H](CO)[C@@H](O)[C@H](O)[C@H]2O)[C@H](O)[C@H]1O. The molecular formula is C22H31ClN4O14. The molecule has 3 rings (SSSR count). The normalized spacial score (nSPS) is 33.7. The van der Waals surface area contributed by atoms with E-state index in [9.17, 15) is 55.6 Å². The number of halogens is 1. The van der Waals surface area contributed by atoms with Gasteiger partial charge in [0.05, 0.1) is 36.5 Å². The topological polar surface area (TPSA) is 265 Å². The number of aliphatic hydroxyl groups excluding tert-OH is 7. The van der Waals surface area contributed by atoms with Gasteiger partial charge < -0.3 is 50.0 Å². The molecular weight excluding hydrogens is 580 g/mol. The third-order valence-corrected chi connectivity index (χ3v) is 6.82. The highest BCUT2D eigenvalue weighted by Crippen LogP contribution is 2.31. The lowest BCUT2D eigenvalue weighted by Crippen LogP contribution is -2.67. The first-order valence-electron chi connectivity index (χ1n) is 12.3. The van der Waals surface area contributed by atoms with E-state index in [1.165, 1.54) is 12.1 Å². The number of carbonyl (C=O) groups is 1. The first kappa shape index (κ1) is 32.9. The van der Waals surface area contributed by atoms with Crippen molar-refractivity contribution in [2.75, 3.05) is 25.6 Å². The number of nitro groups is 1. The summed E-state index contributed by atoms with van der Waals surface area (Å²) < 4.78 is 16.5. The van der Waals surface area contributed by atoms with Crippen molar-refractivity contribution in [1.82, 2.24) is 9.91 Å². The molecule has 7 N–H and O–H groups in total. The predicted molar refractivity (Wildman–Crippen MR) is 134 cm³/mol. The Morgan fingerprint density at radius 1 is 0.976 bits per heavy atom. The van der Waals surface area contributed by atoms with Gasteiger partial charge >= 0.3 is 6.03 Å². The highest BCUT2D eigenvalue weighted by Gasteiger charge is 2.52. The van der Waals surface area contributed by atoms with Crippen molar-refractivity contribution >= 4 is 23.3 Å². The summed E-state index contributed by atoms with van der Waals surface area (Å²) >= 11 is 5.65. The molecule has 41 heavy (non-hydrogen) atoms. The maximum atomic E-state index is 13.3. The molecule has 0 saturated carbocycles. The van der Waals surface area contributed by atoms with Crippen LogP contribution in [-0.2, 0) is 20.8 Å².